The third-order valence-corrected chi connectivity index (χ3v) is 4.14. The highest BCUT2D eigenvalue weighted by Crippen LogP contribution is 2.17. The number of amides is 1. The van der Waals surface area contributed by atoms with Gasteiger partial charge in [0.1, 0.15) is 0 Å². The first-order valence-electron chi connectivity index (χ1n) is 4.64. The largest absolute Gasteiger partial charge is 0.354 e. The summed E-state index contributed by atoms with van der Waals surface area (Å²) in [4.78, 5) is 11.1. The van der Waals surface area contributed by atoms with Gasteiger partial charge in [0.25, 0.3) is 0 Å². The Morgan fingerprint density at radius 1 is 1.64 bits per heavy atom. The van der Waals surface area contributed by atoms with Crippen LogP contribution in [0.2, 0.25) is 0 Å². The van der Waals surface area contributed by atoms with Crippen LogP contribution in [0.3, 0.4) is 0 Å². The van der Waals surface area contributed by atoms with Crippen LogP contribution < -0.4 is 11.1 Å². The van der Waals surface area contributed by atoms with E-state index in [1.54, 1.807) is 6.92 Å². The molecule has 0 aromatic carbocycles. The maximum Gasteiger partial charge on any atom is 0.236 e. The van der Waals surface area contributed by atoms with Crippen LogP contribution in [0, 0.1) is 5.92 Å². The normalized spacial score (nSPS) is 27.1. The van der Waals surface area contributed by atoms with Gasteiger partial charge in [-0.05, 0) is 19.3 Å². The fourth-order valence-corrected chi connectivity index (χ4v) is 3.30. The van der Waals surface area contributed by atoms with Gasteiger partial charge in [-0.1, -0.05) is 0 Å². The average Bonchev–Trinajstić information content (AvgIpc) is 2.41. The molecule has 14 heavy (non-hydrogen) atoms. The number of rotatable bonds is 3. The molecule has 1 heterocycles. The van der Waals surface area contributed by atoms with Crippen molar-refractivity contribution in [3.05, 3.63) is 0 Å². The fourth-order valence-electron chi connectivity index (χ4n) is 1.44. The molecule has 1 rings (SSSR count). The van der Waals surface area contributed by atoms with Crippen molar-refractivity contribution in [3.8, 4) is 0 Å². The van der Waals surface area contributed by atoms with E-state index < -0.39 is 15.9 Å². The summed E-state index contributed by atoms with van der Waals surface area (Å²) < 4.78 is 22.2. The zero-order chi connectivity index (χ0) is 10.8. The lowest BCUT2D eigenvalue weighted by Gasteiger charge is -2.11. The molecule has 5 nitrogen and oxygen atoms in total. The molecule has 1 aliphatic heterocycles. The van der Waals surface area contributed by atoms with Crippen molar-refractivity contribution >= 4 is 15.7 Å². The summed E-state index contributed by atoms with van der Waals surface area (Å²) in [5.41, 5.74) is 5.34. The van der Waals surface area contributed by atoms with Crippen LogP contribution in [0.5, 0.6) is 0 Å². The Bertz CT molecular complexity index is 311. The Balaban J connectivity index is 2.31. The molecule has 82 valence electrons. The zero-order valence-electron chi connectivity index (χ0n) is 8.19. The average molecular weight is 220 g/mol. The van der Waals surface area contributed by atoms with Crippen LogP contribution >= 0.6 is 0 Å². The number of sulfone groups is 1. The van der Waals surface area contributed by atoms with Crippen molar-refractivity contribution in [1.82, 2.24) is 5.32 Å². The van der Waals surface area contributed by atoms with E-state index in [4.69, 9.17) is 5.73 Å². The quantitative estimate of drug-likeness (QED) is 0.631. The van der Waals surface area contributed by atoms with E-state index in [2.05, 4.69) is 5.32 Å². The van der Waals surface area contributed by atoms with Crippen molar-refractivity contribution in [2.45, 2.75) is 19.4 Å². The number of hydrogen-bond donors (Lipinski definition) is 2. The first-order chi connectivity index (χ1) is 6.41. The molecule has 0 saturated carbocycles. The minimum atomic E-state index is -2.85. The van der Waals surface area contributed by atoms with Crippen LogP contribution in [-0.4, -0.2) is 38.4 Å². The SMILES string of the molecule is CC(N)C(=O)NCC1CCS(=O)(=O)C1. The second-order valence-electron chi connectivity index (χ2n) is 3.80. The van der Waals surface area contributed by atoms with E-state index in [0.717, 1.165) is 0 Å². The standard InChI is InChI=1S/C8H16N2O3S/c1-6(9)8(11)10-4-7-2-3-14(12,13)5-7/h6-7H,2-5,9H2,1H3,(H,10,11). The summed E-state index contributed by atoms with van der Waals surface area (Å²) in [6.07, 6.45) is 0.640. The highest BCUT2D eigenvalue weighted by molar-refractivity contribution is 7.91. The summed E-state index contributed by atoms with van der Waals surface area (Å²) in [7, 11) is -2.85. The molecule has 0 bridgehead atoms. The molecule has 1 saturated heterocycles. The monoisotopic (exact) mass is 220 g/mol. The van der Waals surface area contributed by atoms with Crippen LogP contribution in [-0.2, 0) is 14.6 Å². The topological polar surface area (TPSA) is 89.3 Å². The van der Waals surface area contributed by atoms with Gasteiger partial charge >= 0.3 is 0 Å². The predicted molar refractivity (Wildman–Crippen MR) is 53.4 cm³/mol. The summed E-state index contributed by atoms with van der Waals surface area (Å²) in [6.45, 7) is 2.01. The van der Waals surface area contributed by atoms with Gasteiger partial charge < -0.3 is 11.1 Å². The highest BCUT2D eigenvalue weighted by atomic mass is 32.2. The Morgan fingerprint density at radius 2 is 2.29 bits per heavy atom. The van der Waals surface area contributed by atoms with Gasteiger partial charge in [-0.25, -0.2) is 8.42 Å². The number of carbonyl (C=O) groups excluding carboxylic acids is 1. The summed E-state index contributed by atoms with van der Waals surface area (Å²) in [5.74, 6) is 0.259. The Hall–Kier alpha value is -0.620. The van der Waals surface area contributed by atoms with E-state index in [1.807, 2.05) is 0 Å². The van der Waals surface area contributed by atoms with Gasteiger partial charge in [-0.2, -0.15) is 0 Å². The lowest BCUT2D eigenvalue weighted by atomic mass is 10.1. The molecule has 2 unspecified atom stereocenters. The van der Waals surface area contributed by atoms with E-state index in [0.29, 0.717) is 13.0 Å². The molecular weight excluding hydrogens is 204 g/mol. The lowest BCUT2D eigenvalue weighted by molar-refractivity contribution is -0.122. The number of carbonyl (C=O) groups is 1. The Labute approximate surface area is 84.0 Å². The molecule has 0 spiro atoms. The van der Waals surface area contributed by atoms with Crippen molar-refractivity contribution in [2.75, 3.05) is 18.1 Å². The zero-order valence-corrected chi connectivity index (χ0v) is 9.01. The molecule has 3 N–H and O–H groups in total. The fraction of sp³-hybridized carbons (Fsp3) is 0.875. The molecule has 0 aliphatic carbocycles. The number of nitrogens with two attached hydrogens (primary N) is 1. The summed E-state index contributed by atoms with van der Waals surface area (Å²) >= 11 is 0. The van der Waals surface area contributed by atoms with Crippen LogP contribution in [0.15, 0.2) is 0 Å². The second kappa shape index (κ2) is 4.27. The minimum Gasteiger partial charge on any atom is -0.354 e. The van der Waals surface area contributed by atoms with Crippen LogP contribution in [0.4, 0.5) is 0 Å². The highest BCUT2D eigenvalue weighted by Gasteiger charge is 2.27. The van der Waals surface area contributed by atoms with Gasteiger partial charge in [0.05, 0.1) is 17.5 Å². The van der Waals surface area contributed by atoms with Crippen molar-refractivity contribution in [3.63, 3.8) is 0 Å². The third kappa shape index (κ3) is 3.26. The third-order valence-electron chi connectivity index (χ3n) is 2.31. The molecule has 0 aromatic rings. The smallest absolute Gasteiger partial charge is 0.236 e. The lowest BCUT2D eigenvalue weighted by Crippen LogP contribution is -2.40. The molecular formula is C8H16N2O3S. The molecule has 0 aromatic heterocycles. The molecule has 0 radical (unpaired) electrons. The summed E-state index contributed by atoms with van der Waals surface area (Å²) in [5, 5.41) is 2.63. The van der Waals surface area contributed by atoms with Crippen molar-refractivity contribution in [2.24, 2.45) is 11.7 Å². The van der Waals surface area contributed by atoms with Crippen LogP contribution in [0.1, 0.15) is 13.3 Å². The summed E-state index contributed by atoms with van der Waals surface area (Å²) in [6, 6.07) is -0.534. The number of hydrogen-bond acceptors (Lipinski definition) is 4. The van der Waals surface area contributed by atoms with E-state index >= 15 is 0 Å². The molecule has 1 aliphatic rings. The molecule has 1 amide bonds. The molecule has 6 heteroatoms. The Kier molecular flexibility index (Phi) is 3.49. The first kappa shape index (κ1) is 11.5. The van der Waals surface area contributed by atoms with E-state index in [9.17, 15) is 13.2 Å². The van der Waals surface area contributed by atoms with Gasteiger partial charge in [-0.3, -0.25) is 4.79 Å². The second-order valence-corrected chi connectivity index (χ2v) is 6.03. The van der Waals surface area contributed by atoms with E-state index in [-0.39, 0.29) is 23.3 Å². The van der Waals surface area contributed by atoms with Gasteiger partial charge in [0.15, 0.2) is 9.84 Å². The molecule has 1 fully saturated rings. The first-order valence-corrected chi connectivity index (χ1v) is 6.46. The maximum atomic E-state index is 11.1. The number of nitrogens with one attached hydrogen (secondary N) is 1. The van der Waals surface area contributed by atoms with Gasteiger partial charge in [0, 0.05) is 6.54 Å². The molecule has 2 atom stereocenters. The van der Waals surface area contributed by atoms with Gasteiger partial charge in [-0.15, -0.1) is 0 Å². The van der Waals surface area contributed by atoms with Crippen LogP contribution in [0.25, 0.3) is 0 Å². The predicted octanol–water partition coefficient (Wildman–Crippen LogP) is -1.12. The van der Waals surface area contributed by atoms with Crippen molar-refractivity contribution in [1.29, 1.82) is 0 Å². The van der Waals surface area contributed by atoms with Gasteiger partial charge in [0.2, 0.25) is 5.91 Å². The van der Waals surface area contributed by atoms with Crippen molar-refractivity contribution < 1.29 is 13.2 Å². The Morgan fingerprint density at radius 3 is 2.71 bits per heavy atom. The maximum absolute atomic E-state index is 11.1. The minimum absolute atomic E-state index is 0.0581. The van der Waals surface area contributed by atoms with E-state index in [1.165, 1.54) is 0 Å².